The van der Waals surface area contributed by atoms with Gasteiger partial charge in [0, 0.05) is 13.1 Å². The lowest BCUT2D eigenvalue weighted by Gasteiger charge is -2.19. The van der Waals surface area contributed by atoms with Crippen molar-refractivity contribution >= 4 is 5.91 Å². The van der Waals surface area contributed by atoms with Gasteiger partial charge in [0.1, 0.15) is 0 Å². The standard InChI is InChI=1S/C9H16F4N2O/c1-3-15(4-2)6-5-14-8(16)9(12,13)7(10)11/h7H,3-6H2,1-2H3,(H,14,16). The monoisotopic (exact) mass is 244 g/mol. The second-order valence-electron chi connectivity index (χ2n) is 3.21. The van der Waals surface area contributed by atoms with Crippen LogP contribution in [-0.4, -0.2) is 49.3 Å². The molecule has 0 radical (unpaired) electrons. The summed E-state index contributed by atoms with van der Waals surface area (Å²) in [5.74, 6) is -6.53. The first kappa shape index (κ1) is 15.2. The van der Waals surface area contributed by atoms with Gasteiger partial charge in [0.15, 0.2) is 0 Å². The Bertz CT molecular complexity index is 220. The molecule has 0 aliphatic rings. The van der Waals surface area contributed by atoms with E-state index in [9.17, 15) is 22.4 Å². The van der Waals surface area contributed by atoms with Gasteiger partial charge in [-0.3, -0.25) is 4.79 Å². The van der Waals surface area contributed by atoms with Gasteiger partial charge < -0.3 is 10.2 Å². The van der Waals surface area contributed by atoms with Crippen molar-refractivity contribution in [2.45, 2.75) is 26.2 Å². The number of alkyl halides is 4. The van der Waals surface area contributed by atoms with Crippen LogP contribution in [0.1, 0.15) is 13.8 Å². The molecular formula is C9H16F4N2O. The summed E-state index contributed by atoms with van der Waals surface area (Å²) in [7, 11) is 0. The summed E-state index contributed by atoms with van der Waals surface area (Å²) >= 11 is 0. The minimum absolute atomic E-state index is 0.0666. The van der Waals surface area contributed by atoms with Gasteiger partial charge in [-0.15, -0.1) is 0 Å². The maximum absolute atomic E-state index is 12.5. The number of nitrogens with one attached hydrogen (secondary N) is 1. The van der Waals surface area contributed by atoms with Crippen LogP contribution in [0, 0.1) is 0 Å². The van der Waals surface area contributed by atoms with E-state index < -0.39 is 18.3 Å². The summed E-state index contributed by atoms with van der Waals surface area (Å²) < 4.78 is 48.4. The number of rotatable bonds is 7. The normalized spacial score (nSPS) is 12.2. The zero-order valence-corrected chi connectivity index (χ0v) is 9.27. The van der Waals surface area contributed by atoms with E-state index in [1.54, 1.807) is 5.32 Å². The first-order chi connectivity index (χ1) is 7.36. The molecule has 0 heterocycles. The van der Waals surface area contributed by atoms with Gasteiger partial charge >= 0.3 is 12.3 Å². The van der Waals surface area contributed by atoms with E-state index >= 15 is 0 Å². The highest BCUT2D eigenvalue weighted by atomic mass is 19.3. The Morgan fingerprint density at radius 2 is 1.81 bits per heavy atom. The summed E-state index contributed by atoms with van der Waals surface area (Å²) in [6, 6.07) is 0. The molecule has 0 aliphatic carbocycles. The summed E-state index contributed by atoms with van der Waals surface area (Å²) in [6.45, 7) is 5.45. The molecule has 0 bridgehead atoms. The summed E-state index contributed by atoms with van der Waals surface area (Å²) in [6.07, 6.45) is -3.97. The molecule has 0 aliphatic heterocycles. The van der Waals surface area contributed by atoms with E-state index in [-0.39, 0.29) is 6.54 Å². The van der Waals surface area contributed by atoms with E-state index in [2.05, 4.69) is 0 Å². The van der Waals surface area contributed by atoms with Crippen molar-refractivity contribution in [2.24, 2.45) is 0 Å². The molecule has 0 atom stereocenters. The quantitative estimate of drug-likeness (QED) is 0.685. The first-order valence-corrected chi connectivity index (χ1v) is 5.02. The van der Waals surface area contributed by atoms with Gasteiger partial charge in [-0.1, -0.05) is 13.8 Å². The number of hydrogen-bond donors (Lipinski definition) is 1. The van der Waals surface area contributed by atoms with Crippen LogP contribution >= 0.6 is 0 Å². The summed E-state index contributed by atoms with van der Waals surface area (Å²) in [5, 5.41) is 1.79. The largest absolute Gasteiger partial charge is 0.383 e. The van der Waals surface area contributed by atoms with Crippen LogP contribution in [0.5, 0.6) is 0 Å². The molecular weight excluding hydrogens is 228 g/mol. The lowest BCUT2D eigenvalue weighted by molar-refractivity contribution is -0.169. The number of likely N-dealkylation sites (N-methyl/N-ethyl adjacent to an activating group) is 1. The molecule has 7 heteroatoms. The Morgan fingerprint density at radius 3 is 2.19 bits per heavy atom. The highest BCUT2D eigenvalue weighted by molar-refractivity contribution is 5.83. The predicted octanol–water partition coefficient (Wildman–Crippen LogP) is 1.34. The zero-order chi connectivity index (χ0) is 12.8. The minimum atomic E-state index is -4.61. The van der Waals surface area contributed by atoms with Crippen LogP contribution in [0.4, 0.5) is 17.6 Å². The summed E-state index contributed by atoms with van der Waals surface area (Å²) in [4.78, 5) is 12.6. The average molecular weight is 244 g/mol. The number of nitrogens with zero attached hydrogens (tertiary/aromatic N) is 1. The molecule has 3 nitrogen and oxygen atoms in total. The molecule has 1 amide bonds. The van der Waals surface area contributed by atoms with Gasteiger partial charge in [-0.05, 0) is 13.1 Å². The van der Waals surface area contributed by atoms with Crippen molar-refractivity contribution in [1.82, 2.24) is 10.2 Å². The minimum Gasteiger partial charge on any atom is -0.349 e. The van der Waals surface area contributed by atoms with Crippen molar-refractivity contribution in [3.63, 3.8) is 0 Å². The van der Waals surface area contributed by atoms with Crippen LogP contribution in [0.3, 0.4) is 0 Å². The molecule has 16 heavy (non-hydrogen) atoms. The van der Waals surface area contributed by atoms with Crippen LogP contribution in [0.25, 0.3) is 0 Å². The lowest BCUT2D eigenvalue weighted by atomic mass is 10.3. The number of amides is 1. The first-order valence-electron chi connectivity index (χ1n) is 5.02. The van der Waals surface area contributed by atoms with Crippen LogP contribution < -0.4 is 5.32 Å². The molecule has 0 saturated carbocycles. The number of carbonyl (C=O) groups is 1. The highest BCUT2D eigenvalue weighted by Gasteiger charge is 2.48. The van der Waals surface area contributed by atoms with E-state index in [1.807, 2.05) is 18.7 Å². The molecule has 0 spiro atoms. The second kappa shape index (κ2) is 6.67. The number of carbonyl (C=O) groups excluding carboxylic acids is 1. The van der Waals surface area contributed by atoms with Gasteiger partial charge in [-0.2, -0.15) is 8.78 Å². The molecule has 0 unspecified atom stereocenters. The Hall–Kier alpha value is -0.850. The van der Waals surface area contributed by atoms with Crippen LogP contribution in [0.15, 0.2) is 0 Å². The summed E-state index contributed by atoms with van der Waals surface area (Å²) in [5.41, 5.74) is 0. The Labute approximate surface area is 91.8 Å². The van der Waals surface area contributed by atoms with Gasteiger partial charge in [0.05, 0.1) is 0 Å². The van der Waals surface area contributed by atoms with E-state index in [1.165, 1.54) is 0 Å². The fraction of sp³-hybridized carbons (Fsp3) is 0.889. The molecule has 0 rings (SSSR count). The fourth-order valence-corrected chi connectivity index (χ4v) is 1.08. The SMILES string of the molecule is CCN(CC)CCNC(=O)C(F)(F)C(F)F. The third-order valence-electron chi connectivity index (χ3n) is 2.18. The van der Waals surface area contributed by atoms with E-state index in [0.717, 1.165) is 0 Å². The topological polar surface area (TPSA) is 32.3 Å². The molecule has 0 aromatic heterocycles. The lowest BCUT2D eigenvalue weighted by Crippen LogP contribution is -2.47. The molecule has 96 valence electrons. The van der Waals surface area contributed by atoms with Gasteiger partial charge in [-0.25, -0.2) is 8.78 Å². The third-order valence-corrected chi connectivity index (χ3v) is 2.18. The Morgan fingerprint density at radius 1 is 1.31 bits per heavy atom. The van der Waals surface area contributed by atoms with Crippen LogP contribution in [0.2, 0.25) is 0 Å². The van der Waals surface area contributed by atoms with Crippen molar-refractivity contribution in [2.75, 3.05) is 26.2 Å². The predicted molar refractivity (Wildman–Crippen MR) is 51.7 cm³/mol. The van der Waals surface area contributed by atoms with E-state index in [4.69, 9.17) is 0 Å². The van der Waals surface area contributed by atoms with Gasteiger partial charge in [0.2, 0.25) is 0 Å². The highest BCUT2D eigenvalue weighted by Crippen LogP contribution is 2.22. The number of hydrogen-bond acceptors (Lipinski definition) is 2. The Balaban J connectivity index is 3.99. The third kappa shape index (κ3) is 4.34. The zero-order valence-electron chi connectivity index (χ0n) is 9.27. The van der Waals surface area contributed by atoms with Gasteiger partial charge in [0.25, 0.3) is 5.91 Å². The maximum atomic E-state index is 12.5. The van der Waals surface area contributed by atoms with Crippen LogP contribution in [-0.2, 0) is 4.79 Å². The molecule has 0 fully saturated rings. The average Bonchev–Trinajstić information content (AvgIpc) is 2.23. The van der Waals surface area contributed by atoms with Crippen molar-refractivity contribution in [3.8, 4) is 0 Å². The smallest absolute Gasteiger partial charge is 0.349 e. The molecule has 0 aromatic rings. The maximum Gasteiger partial charge on any atom is 0.383 e. The molecule has 0 saturated heterocycles. The van der Waals surface area contributed by atoms with E-state index in [0.29, 0.717) is 19.6 Å². The van der Waals surface area contributed by atoms with Crippen molar-refractivity contribution in [1.29, 1.82) is 0 Å². The molecule has 0 aromatic carbocycles. The molecule has 1 N–H and O–H groups in total. The van der Waals surface area contributed by atoms with Crippen molar-refractivity contribution in [3.05, 3.63) is 0 Å². The number of halogens is 4. The Kier molecular flexibility index (Phi) is 6.32. The fourth-order valence-electron chi connectivity index (χ4n) is 1.08. The second-order valence-corrected chi connectivity index (χ2v) is 3.21. The van der Waals surface area contributed by atoms with Crippen molar-refractivity contribution < 1.29 is 22.4 Å².